The van der Waals surface area contributed by atoms with Crippen LogP contribution in [0.2, 0.25) is 0 Å². The quantitative estimate of drug-likeness (QED) is 0.568. The predicted molar refractivity (Wildman–Crippen MR) is 46.7 cm³/mol. The maximum absolute atomic E-state index is 8.89. The number of carbonyl (C=O) groups is 1. The van der Waals surface area contributed by atoms with E-state index in [1.165, 1.54) is 0 Å². The molecule has 0 spiro atoms. The molecule has 0 unspecified atom stereocenters. The highest BCUT2D eigenvalue weighted by Gasteiger charge is 2.16. The molecular formula is C9H16N2O2. The van der Waals surface area contributed by atoms with Crippen molar-refractivity contribution < 1.29 is 14.5 Å². The van der Waals surface area contributed by atoms with E-state index in [0.29, 0.717) is 0 Å². The van der Waals surface area contributed by atoms with Crippen LogP contribution in [-0.2, 0) is 10.3 Å². The number of aliphatic carboxylic acids is 1. The topological polar surface area (TPSA) is 59.8 Å². The molecule has 0 aliphatic carbocycles. The van der Waals surface area contributed by atoms with Crippen LogP contribution >= 0.6 is 0 Å². The number of imidazole rings is 1. The fourth-order valence-electron chi connectivity index (χ4n) is 0.707. The van der Waals surface area contributed by atoms with E-state index in [-0.39, 0.29) is 5.54 Å². The van der Waals surface area contributed by atoms with E-state index < -0.39 is 5.97 Å². The zero-order valence-electron chi connectivity index (χ0n) is 8.50. The highest BCUT2D eigenvalue weighted by molar-refractivity contribution is 5.60. The molecule has 0 saturated carbocycles. The van der Waals surface area contributed by atoms with Gasteiger partial charge in [-0.25, -0.2) is 4.57 Å². The van der Waals surface area contributed by atoms with Gasteiger partial charge in [0.25, 0.3) is 0 Å². The second kappa shape index (κ2) is 4.64. The fourth-order valence-corrected chi connectivity index (χ4v) is 0.707. The van der Waals surface area contributed by atoms with Crippen molar-refractivity contribution in [3.05, 3.63) is 18.7 Å². The normalized spacial score (nSPS) is 10.2. The molecular weight excluding hydrogens is 168 g/mol. The number of carboxylic acids is 1. The first-order valence-corrected chi connectivity index (χ1v) is 4.06. The smallest absolute Gasteiger partial charge is 0.241 e. The van der Waals surface area contributed by atoms with E-state index in [1.807, 2.05) is 18.7 Å². The fraction of sp³-hybridized carbons (Fsp3) is 0.556. The Morgan fingerprint density at radius 2 is 1.92 bits per heavy atom. The Labute approximate surface area is 78.2 Å². The molecule has 0 bridgehead atoms. The summed E-state index contributed by atoms with van der Waals surface area (Å²) in [4.78, 5) is 11.9. The summed E-state index contributed by atoms with van der Waals surface area (Å²) in [6, 6.07) is 0. The first-order chi connectivity index (χ1) is 5.84. The van der Waals surface area contributed by atoms with Crippen molar-refractivity contribution in [3.8, 4) is 0 Å². The molecule has 0 amide bonds. The first kappa shape index (κ1) is 11.7. The predicted octanol–water partition coefficient (Wildman–Crippen LogP) is -0.187. The van der Waals surface area contributed by atoms with Crippen LogP contribution in [0, 0.1) is 0 Å². The van der Waals surface area contributed by atoms with Crippen LogP contribution in [0.25, 0.3) is 0 Å². The zero-order chi connectivity index (χ0) is 10.5. The molecule has 0 aliphatic heterocycles. The van der Waals surface area contributed by atoms with Crippen molar-refractivity contribution in [1.82, 2.24) is 4.98 Å². The molecule has 1 heterocycles. The van der Waals surface area contributed by atoms with Gasteiger partial charge in [-0.2, -0.15) is 0 Å². The first-order valence-electron chi connectivity index (χ1n) is 4.06. The third kappa shape index (κ3) is 5.90. The monoisotopic (exact) mass is 184 g/mol. The molecule has 1 aromatic rings. The second-order valence-electron chi connectivity index (χ2n) is 3.68. The highest BCUT2D eigenvalue weighted by atomic mass is 16.4. The van der Waals surface area contributed by atoms with E-state index in [1.54, 1.807) is 0 Å². The standard InChI is InChI=1S/C7H12N2.C2H4O2/c1-7(2,3)9-5-4-8-6-9;1-2(3)4/h4-6H,1-3H3;1H3,(H,3,4). The number of nitrogens with zero attached hydrogens (tertiary/aromatic N) is 1. The number of rotatable bonds is 0. The minimum absolute atomic E-state index is 0.208. The summed E-state index contributed by atoms with van der Waals surface area (Å²) in [6.07, 6.45) is 5.91. The number of carboxylic acid groups (broad SMARTS) is 1. The second-order valence-corrected chi connectivity index (χ2v) is 3.68. The average molecular weight is 184 g/mol. The van der Waals surface area contributed by atoms with E-state index in [0.717, 1.165) is 6.92 Å². The molecule has 0 saturated heterocycles. The molecule has 0 aromatic carbocycles. The lowest BCUT2D eigenvalue weighted by atomic mass is 10.1. The third-order valence-corrected chi connectivity index (χ3v) is 1.32. The number of aromatic nitrogens is 2. The minimum Gasteiger partial charge on any atom is -0.550 e. The number of H-pyrrole nitrogens is 1. The van der Waals surface area contributed by atoms with E-state index in [9.17, 15) is 0 Å². The van der Waals surface area contributed by atoms with Crippen LogP contribution < -0.4 is 9.67 Å². The van der Waals surface area contributed by atoms with Crippen LogP contribution in [0.15, 0.2) is 18.7 Å². The summed E-state index contributed by atoms with van der Waals surface area (Å²) in [7, 11) is 0. The molecule has 1 N–H and O–H groups in total. The van der Waals surface area contributed by atoms with Crippen molar-refractivity contribution in [1.29, 1.82) is 0 Å². The molecule has 1 rings (SSSR count). The third-order valence-electron chi connectivity index (χ3n) is 1.32. The van der Waals surface area contributed by atoms with Crippen LogP contribution in [0.3, 0.4) is 0 Å². The van der Waals surface area contributed by atoms with Gasteiger partial charge in [0.05, 0.1) is 0 Å². The van der Waals surface area contributed by atoms with Crippen LogP contribution in [0.4, 0.5) is 0 Å². The Balaban J connectivity index is 0.000000310. The van der Waals surface area contributed by atoms with Crippen molar-refractivity contribution in [2.45, 2.75) is 33.2 Å². The number of hydrogen-bond acceptors (Lipinski definition) is 2. The average Bonchev–Trinajstić information content (AvgIpc) is 2.31. The lowest BCUT2D eigenvalue weighted by Crippen LogP contribution is -2.48. The van der Waals surface area contributed by atoms with Gasteiger partial charge in [0.1, 0.15) is 17.9 Å². The van der Waals surface area contributed by atoms with E-state index in [4.69, 9.17) is 9.90 Å². The lowest BCUT2D eigenvalue weighted by Gasteiger charge is -2.12. The van der Waals surface area contributed by atoms with Crippen molar-refractivity contribution in [2.75, 3.05) is 0 Å². The molecule has 0 aliphatic rings. The van der Waals surface area contributed by atoms with Crippen LogP contribution in [-0.4, -0.2) is 11.0 Å². The number of nitrogens with one attached hydrogen (secondary N) is 1. The Morgan fingerprint density at radius 1 is 1.46 bits per heavy atom. The molecule has 0 fully saturated rings. The molecule has 1 aromatic heterocycles. The Bertz CT molecular complexity index is 243. The highest BCUT2D eigenvalue weighted by Crippen LogP contribution is 2.00. The van der Waals surface area contributed by atoms with Gasteiger partial charge in [0.2, 0.25) is 6.33 Å². The maximum atomic E-state index is 8.89. The summed E-state index contributed by atoms with van der Waals surface area (Å²) in [5.41, 5.74) is 0.208. The van der Waals surface area contributed by atoms with Gasteiger partial charge in [-0.15, -0.1) is 0 Å². The Hall–Kier alpha value is -1.32. The Morgan fingerprint density at radius 3 is 2.08 bits per heavy atom. The van der Waals surface area contributed by atoms with Gasteiger partial charge >= 0.3 is 0 Å². The van der Waals surface area contributed by atoms with Crippen molar-refractivity contribution in [3.63, 3.8) is 0 Å². The minimum atomic E-state index is -1.08. The SMILES string of the molecule is CC(=O)[O-].CC(C)(C)[n+]1cc[nH]c1. The molecule has 13 heavy (non-hydrogen) atoms. The zero-order valence-corrected chi connectivity index (χ0v) is 8.50. The van der Waals surface area contributed by atoms with Crippen molar-refractivity contribution >= 4 is 5.97 Å². The number of hydrogen-bond donors (Lipinski definition) is 1. The molecule has 0 atom stereocenters. The van der Waals surface area contributed by atoms with Gasteiger partial charge < -0.3 is 9.90 Å². The van der Waals surface area contributed by atoms with Gasteiger partial charge in [-0.3, -0.25) is 4.98 Å². The van der Waals surface area contributed by atoms with Gasteiger partial charge in [0, 0.05) is 5.97 Å². The molecule has 4 heteroatoms. The lowest BCUT2D eigenvalue weighted by molar-refractivity contribution is -0.752. The van der Waals surface area contributed by atoms with Crippen LogP contribution in [0.1, 0.15) is 27.7 Å². The van der Waals surface area contributed by atoms with Gasteiger partial charge in [0.15, 0.2) is 0 Å². The molecule has 0 radical (unpaired) electrons. The van der Waals surface area contributed by atoms with Gasteiger partial charge in [-0.1, -0.05) is 0 Å². The van der Waals surface area contributed by atoms with E-state index >= 15 is 0 Å². The van der Waals surface area contributed by atoms with Gasteiger partial charge in [-0.05, 0) is 27.7 Å². The van der Waals surface area contributed by atoms with Crippen molar-refractivity contribution in [2.24, 2.45) is 0 Å². The summed E-state index contributed by atoms with van der Waals surface area (Å²) in [6.45, 7) is 7.47. The Kier molecular flexibility index (Phi) is 4.17. The maximum Gasteiger partial charge on any atom is 0.241 e. The number of carbonyl (C=O) groups excluding carboxylic acids is 1. The largest absolute Gasteiger partial charge is 0.550 e. The summed E-state index contributed by atoms with van der Waals surface area (Å²) in [5, 5.41) is 8.89. The van der Waals surface area contributed by atoms with Crippen LogP contribution in [0.5, 0.6) is 0 Å². The molecule has 74 valence electrons. The summed E-state index contributed by atoms with van der Waals surface area (Å²) in [5.74, 6) is -1.08. The molecule has 4 nitrogen and oxygen atoms in total. The van der Waals surface area contributed by atoms with E-state index in [2.05, 4.69) is 30.3 Å². The summed E-state index contributed by atoms with van der Waals surface area (Å²) >= 11 is 0. The number of aromatic amines is 1. The summed E-state index contributed by atoms with van der Waals surface area (Å²) < 4.78 is 2.13.